The molecule has 124 valence electrons. The summed E-state index contributed by atoms with van der Waals surface area (Å²) in [4.78, 5) is 3.52. The molecule has 0 radical (unpaired) electrons. The maximum atomic E-state index is 4.34. The van der Waals surface area contributed by atoms with Gasteiger partial charge in [0.1, 0.15) is 0 Å². The normalized spacial score (nSPS) is 14.9. The van der Waals surface area contributed by atoms with E-state index in [-0.39, 0.29) is 0 Å². The van der Waals surface area contributed by atoms with Gasteiger partial charge < -0.3 is 10.6 Å². The van der Waals surface area contributed by atoms with E-state index in [4.69, 9.17) is 0 Å². The molecule has 1 aliphatic rings. The first-order valence-corrected chi connectivity index (χ1v) is 8.62. The van der Waals surface area contributed by atoms with Crippen molar-refractivity contribution in [3.63, 3.8) is 0 Å². The summed E-state index contributed by atoms with van der Waals surface area (Å²) in [5.74, 6) is 0. The first-order chi connectivity index (χ1) is 11.3. The third-order valence-corrected chi connectivity index (χ3v) is 4.03. The van der Waals surface area contributed by atoms with E-state index < -0.39 is 0 Å². The molecule has 1 heterocycles. The number of benzene rings is 2. The quantitative estimate of drug-likeness (QED) is 0.753. The summed E-state index contributed by atoms with van der Waals surface area (Å²) in [5, 5.41) is 6.44. The van der Waals surface area contributed by atoms with Crippen LogP contribution in [0.3, 0.4) is 0 Å². The van der Waals surface area contributed by atoms with Crippen LogP contribution in [0.1, 0.15) is 11.1 Å². The molecule has 2 aromatic rings. The van der Waals surface area contributed by atoms with Gasteiger partial charge in [-0.25, -0.2) is 0 Å². The Balaban J connectivity index is 0.000000185. The summed E-state index contributed by atoms with van der Waals surface area (Å²) >= 11 is 4.34. The average Bonchev–Trinajstić information content (AvgIpc) is 2.58. The molecule has 0 bridgehead atoms. The van der Waals surface area contributed by atoms with Gasteiger partial charge in [0.2, 0.25) is 0 Å². The zero-order chi connectivity index (χ0) is 16.3. The van der Waals surface area contributed by atoms with Gasteiger partial charge in [-0.05, 0) is 30.3 Å². The molecular weight excluding hydrogens is 302 g/mol. The van der Waals surface area contributed by atoms with Crippen LogP contribution < -0.4 is 10.6 Å². The summed E-state index contributed by atoms with van der Waals surface area (Å²) < 4.78 is 0. The molecule has 2 N–H and O–H groups in total. The number of piperazine rings is 1. The first kappa shape index (κ1) is 18.0. The van der Waals surface area contributed by atoms with E-state index in [1.54, 1.807) is 0 Å². The second-order valence-electron chi connectivity index (χ2n) is 5.71. The molecular formula is C19H27N3S. The molecule has 3 nitrogen and oxygen atoms in total. The van der Waals surface area contributed by atoms with Gasteiger partial charge in [-0.15, -0.1) is 12.6 Å². The number of hydrogen-bond donors (Lipinski definition) is 3. The lowest BCUT2D eigenvalue weighted by Crippen LogP contribution is -2.42. The Hall–Kier alpha value is -1.33. The lowest BCUT2D eigenvalue weighted by atomic mass is 10.2. The van der Waals surface area contributed by atoms with Crippen LogP contribution in [0.25, 0.3) is 0 Å². The summed E-state index contributed by atoms with van der Waals surface area (Å²) in [6.07, 6.45) is 0. The van der Waals surface area contributed by atoms with Crippen molar-refractivity contribution in [2.45, 2.75) is 18.0 Å². The lowest BCUT2D eigenvalue weighted by Gasteiger charge is -2.27. The number of nitrogens with zero attached hydrogens (tertiary/aromatic N) is 1. The molecule has 0 atom stereocenters. The second-order valence-corrected chi connectivity index (χ2v) is 6.23. The van der Waals surface area contributed by atoms with Gasteiger partial charge in [0.05, 0.1) is 0 Å². The van der Waals surface area contributed by atoms with Crippen LogP contribution in [0.5, 0.6) is 0 Å². The van der Waals surface area contributed by atoms with E-state index in [0.29, 0.717) is 0 Å². The Morgan fingerprint density at radius 2 is 1.70 bits per heavy atom. The molecule has 3 rings (SSSR count). The summed E-state index contributed by atoms with van der Waals surface area (Å²) in [6.45, 7) is 6.53. The maximum absolute atomic E-state index is 4.34. The van der Waals surface area contributed by atoms with Crippen LogP contribution in [0.15, 0.2) is 59.5 Å². The summed E-state index contributed by atoms with van der Waals surface area (Å²) in [5.41, 5.74) is 2.69. The number of thiol groups is 1. The highest BCUT2D eigenvalue weighted by Crippen LogP contribution is 2.11. The molecule has 0 spiro atoms. The van der Waals surface area contributed by atoms with E-state index >= 15 is 0 Å². The smallest absolute Gasteiger partial charge is 0.0235 e. The van der Waals surface area contributed by atoms with Gasteiger partial charge in [-0.2, -0.15) is 0 Å². The largest absolute Gasteiger partial charge is 0.316 e. The minimum absolute atomic E-state index is 0.959. The Bertz CT molecular complexity index is 554. The minimum atomic E-state index is 0.959. The highest BCUT2D eigenvalue weighted by molar-refractivity contribution is 7.80. The Labute approximate surface area is 145 Å². The fourth-order valence-electron chi connectivity index (χ4n) is 2.58. The van der Waals surface area contributed by atoms with Crippen LogP contribution in [0, 0.1) is 0 Å². The van der Waals surface area contributed by atoms with Gasteiger partial charge in [-0.1, -0.05) is 42.5 Å². The monoisotopic (exact) mass is 329 g/mol. The molecule has 23 heavy (non-hydrogen) atoms. The van der Waals surface area contributed by atoms with Crippen molar-refractivity contribution < 1.29 is 0 Å². The molecule has 0 aromatic heterocycles. The summed E-state index contributed by atoms with van der Waals surface area (Å²) in [6, 6.07) is 18.7. The van der Waals surface area contributed by atoms with Crippen molar-refractivity contribution in [3.05, 3.63) is 65.7 Å². The minimum Gasteiger partial charge on any atom is -0.316 e. The lowest BCUT2D eigenvalue weighted by molar-refractivity contribution is 0.233. The third kappa shape index (κ3) is 7.18. The third-order valence-electron chi connectivity index (χ3n) is 3.75. The predicted octanol–water partition coefficient (Wildman–Crippen LogP) is 2.79. The van der Waals surface area contributed by atoms with Crippen molar-refractivity contribution in [2.75, 3.05) is 33.2 Å². The SMILES string of the molecule is CNCc1ccccc1.Sc1cccc(CN2CCNCC2)c1. The van der Waals surface area contributed by atoms with E-state index in [1.165, 1.54) is 11.1 Å². The Morgan fingerprint density at radius 3 is 2.35 bits per heavy atom. The Kier molecular flexibility index (Phi) is 8.18. The van der Waals surface area contributed by atoms with E-state index in [1.807, 2.05) is 31.3 Å². The zero-order valence-corrected chi connectivity index (χ0v) is 14.7. The first-order valence-electron chi connectivity index (χ1n) is 8.17. The Morgan fingerprint density at radius 1 is 1.00 bits per heavy atom. The second kappa shape index (κ2) is 10.4. The topological polar surface area (TPSA) is 27.3 Å². The van der Waals surface area contributed by atoms with Crippen molar-refractivity contribution in [3.8, 4) is 0 Å². The van der Waals surface area contributed by atoms with Gasteiger partial charge >= 0.3 is 0 Å². The molecule has 1 aliphatic heterocycles. The fourth-order valence-corrected chi connectivity index (χ4v) is 2.83. The fraction of sp³-hybridized carbons (Fsp3) is 0.368. The van der Waals surface area contributed by atoms with Crippen molar-refractivity contribution in [1.29, 1.82) is 0 Å². The molecule has 1 saturated heterocycles. The zero-order valence-electron chi connectivity index (χ0n) is 13.8. The van der Waals surface area contributed by atoms with Crippen LogP contribution in [-0.2, 0) is 13.1 Å². The van der Waals surface area contributed by atoms with Crippen LogP contribution >= 0.6 is 12.6 Å². The molecule has 4 heteroatoms. The number of rotatable bonds is 4. The highest BCUT2D eigenvalue weighted by Gasteiger charge is 2.09. The van der Waals surface area contributed by atoms with Crippen LogP contribution in [-0.4, -0.2) is 38.1 Å². The van der Waals surface area contributed by atoms with Gasteiger partial charge in [0, 0.05) is 44.2 Å². The van der Waals surface area contributed by atoms with Crippen molar-refractivity contribution in [2.24, 2.45) is 0 Å². The van der Waals surface area contributed by atoms with Gasteiger partial charge in [0.15, 0.2) is 0 Å². The molecule has 0 saturated carbocycles. The van der Waals surface area contributed by atoms with Gasteiger partial charge in [-0.3, -0.25) is 4.90 Å². The molecule has 1 fully saturated rings. The summed E-state index contributed by atoms with van der Waals surface area (Å²) in [7, 11) is 1.95. The van der Waals surface area contributed by atoms with Crippen LogP contribution in [0.4, 0.5) is 0 Å². The molecule has 2 aromatic carbocycles. The van der Waals surface area contributed by atoms with Gasteiger partial charge in [0.25, 0.3) is 0 Å². The van der Waals surface area contributed by atoms with E-state index in [9.17, 15) is 0 Å². The number of nitrogens with one attached hydrogen (secondary N) is 2. The average molecular weight is 330 g/mol. The van der Waals surface area contributed by atoms with E-state index in [0.717, 1.165) is 44.2 Å². The maximum Gasteiger partial charge on any atom is 0.0235 e. The molecule has 0 unspecified atom stereocenters. The van der Waals surface area contributed by atoms with Crippen molar-refractivity contribution >= 4 is 12.6 Å². The van der Waals surface area contributed by atoms with Crippen molar-refractivity contribution in [1.82, 2.24) is 15.5 Å². The predicted molar refractivity (Wildman–Crippen MR) is 101 cm³/mol. The molecule has 0 aliphatic carbocycles. The number of hydrogen-bond acceptors (Lipinski definition) is 4. The molecule has 0 amide bonds. The highest BCUT2D eigenvalue weighted by atomic mass is 32.1. The van der Waals surface area contributed by atoms with Crippen LogP contribution in [0.2, 0.25) is 0 Å². The van der Waals surface area contributed by atoms with E-state index in [2.05, 4.69) is 58.5 Å². The standard InChI is InChI=1S/C11H16N2S.C8H11N/c14-11-3-1-2-10(8-11)9-13-6-4-12-5-7-13;1-9-7-8-5-3-2-4-6-8/h1-3,8,12,14H,4-7,9H2;2-6,9H,7H2,1H3.